The molecule has 3 heteroatoms. The molecular formula is C17H34N2O. The van der Waals surface area contributed by atoms with E-state index in [2.05, 4.69) is 37.9 Å². The van der Waals surface area contributed by atoms with Crippen LogP contribution in [0.4, 0.5) is 0 Å². The first-order valence-electron chi connectivity index (χ1n) is 8.68. The van der Waals surface area contributed by atoms with E-state index in [0.29, 0.717) is 11.6 Å². The monoisotopic (exact) mass is 282 g/mol. The molecule has 1 aliphatic heterocycles. The van der Waals surface area contributed by atoms with Gasteiger partial charge in [-0.15, -0.1) is 0 Å². The second-order valence-corrected chi connectivity index (χ2v) is 7.06. The molecule has 0 amide bonds. The van der Waals surface area contributed by atoms with Crippen molar-refractivity contribution in [3.05, 3.63) is 0 Å². The molecule has 1 aliphatic carbocycles. The van der Waals surface area contributed by atoms with Crippen molar-refractivity contribution in [3.63, 3.8) is 0 Å². The lowest BCUT2D eigenvalue weighted by atomic mass is 9.86. The predicted octanol–water partition coefficient (Wildman–Crippen LogP) is 2.90. The summed E-state index contributed by atoms with van der Waals surface area (Å²) in [5.74, 6) is 1.66. The van der Waals surface area contributed by atoms with Crippen LogP contribution in [0.2, 0.25) is 0 Å². The summed E-state index contributed by atoms with van der Waals surface area (Å²) in [6.45, 7) is 14.6. The van der Waals surface area contributed by atoms with Gasteiger partial charge in [0, 0.05) is 37.8 Å². The molecule has 0 radical (unpaired) electrons. The highest BCUT2D eigenvalue weighted by atomic mass is 16.5. The van der Waals surface area contributed by atoms with E-state index in [9.17, 15) is 0 Å². The summed E-state index contributed by atoms with van der Waals surface area (Å²) in [6, 6.07) is 0.651. The number of hydrogen-bond acceptors (Lipinski definition) is 3. The average Bonchev–Trinajstić information content (AvgIpc) is 3.29. The molecule has 0 aromatic carbocycles. The van der Waals surface area contributed by atoms with Crippen LogP contribution in [0, 0.1) is 11.8 Å². The summed E-state index contributed by atoms with van der Waals surface area (Å²) in [4.78, 5) is 2.73. The first-order valence-corrected chi connectivity index (χ1v) is 8.68. The zero-order valence-corrected chi connectivity index (χ0v) is 14.0. The van der Waals surface area contributed by atoms with E-state index in [-0.39, 0.29) is 0 Å². The standard InChI is InChI=1S/C17H34N2O/c1-5-10-20-11-9-19-12-16(14(3)6-2)18-13-17(19,4)15-7-8-15/h14-16,18H,5-13H2,1-4H3. The number of rotatable bonds is 8. The Bertz CT molecular complexity index is 293. The third-order valence-corrected chi connectivity index (χ3v) is 5.50. The van der Waals surface area contributed by atoms with Crippen molar-refractivity contribution >= 4 is 0 Å². The van der Waals surface area contributed by atoms with E-state index >= 15 is 0 Å². The first kappa shape index (κ1) is 16.3. The molecule has 0 spiro atoms. The quantitative estimate of drug-likeness (QED) is 0.693. The van der Waals surface area contributed by atoms with Gasteiger partial charge >= 0.3 is 0 Å². The molecular weight excluding hydrogens is 248 g/mol. The van der Waals surface area contributed by atoms with Crippen LogP contribution in [-0.4, -0.2) is 49.3 Å². The maximum Gasteiger partial charge on any atom is 0.0593 e. The highest BCUT2D eigenvalue weighted by Gasteiger charge is 2.48. The second-order valence-electron chi connectivity index (χ2n) is 7.06. The van der Waals surface area contributed by atoms with Crippen molar-refractivity contribution in [1.29, 1.82) is 0 Å². The smallest absolute Gasteiger partial charge is 0.0593 e. The molecule has 1 N–H and O–H groups in total. The van der Waals surface area contributed by atoms with E-state index in [4.69, 9.17) is 4.74 Å². The summed E-state index contributed by atoms with van der Waals surface area (Å²) in [5.41, 5.74) is 0.361. The molecule has 1 saturated carbocycles. The van der Waals surface area contributed by atoms with Crippen LogP contribution in [0.15, 0.2) is 0 Å². The Morgan fingerprint density at radius 3 is 2.65 bits per heavy atom. The summed E-state index contributed by atoms with van der Waals surface area (Å²) in [5, 5.41) is 3.83. The van der Waals surface area contributed by atoms with Crippen LogP contribution < -0.4 is 5.32 Å². The van der Waals surface area contributed by atoms with Gasteiger partial charge in [0.15, 0.2) is 0 Å². The first-order chi connectivity index (χ1) is 9.61. The van der Waals surface area contributed by atoms with Crippen LogP contribution in [0.25, 0.3) is 0 Å². The van der Waals surface area contributed by atoms with Gasteiger partial charge in [0.2, 0.25) is 0 Å². The fourth-order valence-electron chi connectivity index (χ4n) is 3.50. The molecule has 0 aromatic rings. The van der Waals surface area contributed by atoms with E-state index in [1.807, 2.05) is 0 Å². The number of hydrogen-bond donors (Lipinski definition) is 1. The Morgan fingerprint density at radius 1 is 1.30 bits per heavy atom. The molecule has 2 aliphatic rings. The normalized spacial score (nSPS) is 33.3. The van der Waals surface area contributed by atoms with Crippen molar-refractivity contribution in [1.82, 2.24) is 10.2 Å². The fourth-order valence-corrected chi connectivity index (χ4v) is 3.50. The third-order valence-electron chi connectivity index (χ3n) is 5.50. The molecule has 3 nitrogen and oxygen atoms in total. The van der Waals surface area contributed by atoms with Crippen LogP contribution in [-0.2, 0) is 4.74 Å². The number of piperazine rings is 1. The molecule has 0 bridgehead atoms. The Morgan fingerprint density at radius 2 is 2.05 bits per heavy atom. The van der Waals surface area contributed by atoms with Gasteiger partial charge in [-0.25, -0.2) is 0 Å². The van der Waals surface area contributed by atoms with Crippen LogP contribution in [0.1, 0.15) is 53.4 Å². The van der Waals surface area contributed by atoms with E-state index in [1.54, 1.807) is 0 Å². The Hall–Kier alpha value is -0.120. The molecule has 2 fully saturated rings. The van der Waals surface area contributed by atoms with Gasteiger partial charge < -0.3 is 10.1 Å². The van der Waals surface area contributed by atoms with Crippen molar-refractivity contribution < 1.29 is 4.74 Å². The largest absolute Gasteiger partial charge is 0.380 e. The van der Waals surface area contributed by atoms with Crippen molar-refractivity contribution in [2.75, 3.05) is 32.8 Å². The molecule has 3 atom stereocenters. The average molecular weight is 282 g/mol. The zero-order valence-electron chi connectivity index (χ0n) is 14.0. The van der Waals surface area contributed by atoms with Crippen molar-refractivity contribution in [3.8, 4) is 0 Å². The van der Waals surface area contributed by atoms with E-state index in [0.717, 1.165) is 44.6 Å². The molecule has 3 unspecified atom stereocenters. The number of nitrogens with one attached hydrogen (secondary N) is 1. The van der Waals surface area contributed by atoms with Crippen LogP contribution >= 0.6 is 0 Å². The lowest BCUT2D eigenvalue weighted by Crippen LogP contribution is -2.66. The highest BCUT2D eigenvalue weighted by Crippen LogP contribution is 2.44. The predicted molar refractivity (Wildman–Crippen MR) is 85.1 cm³/mol. The minimum Gasteiger partial charge on any atom is -0.380 e. The minimum atomic E-state index is 0.361. The van der Waals surface area contributed by atoms with E-state index < -0.39 is 0 Å². The lowest BCUT2D eigenvalue weighted by molar-refractivity contribution is -0.000979. The summed E-state index contributed by atoms with van der Waals surface area (Å²) < 4.78 is 5.74. The van der Waals surface area contributed by atoms with Gasteiger partial charge in [0.1, 0.15) is 0 Å². The fraction of sp³-hybridized carbons (Fsp3) is 1.00. The Balaban J connectivity index is 1.92. The summed E-state index contributed by atoms with van der Waals surface area (Å²) >= 11 is 0. The van der Waals surface area contributed by atoms with Crippen LogP contribution in [0.5, 0.6) is 0 Å². The van der Waals surface area contributed by atoms with Crippen LogP contribution in [0.3, 0.4) is 0 Å². The molecule has 1 heterocycles. The van der Waals surface area contributed by atoms with Gasteiger partial charge in [-0.1, -0.05) is 27.2 Å². The van der Waals surface area contributed by atoms with Crippen molar-refractivity contribution in [2.45, 2.75) is 65.0 Å². The summed E-state index contributed by atoms with van der Waals surface area (Å²) in [6.07, 6.45) is 5.21. The Kier molecular flexibility index (Phi) is 5.88. The maximum atomic E-state index is 5.74. The lowest BCUT2D eigenvalue weighted by Gasteiger charge is -2.50. The molecule has 0 aromatic heterocycles. The third kappa shape index (κ3) is 3.75. The topological polar surface area (TPSA) is 24.5 Å². The number of ether oxygens (including phenoxy) is 1. The van der Waals surface area contributed by atoms with E-state index in [1.165, 1.54) is 25.8 Å². The molecule has 118 valence electrons. The maximum absolute atomic E-state index is 5.74. The molecule has 1 saturated heterocycles. The molecule has 20 heavy (non-hydrogen) atoms. The van der Waals surface area contributed by atoms with Gasteiger partial charge in [-0.2, -0.15) is 0 Å². The van der Waals surface area contributed by atoms with Crippen molar-refractivity contribution in [2.24, 2.45) is 11.8 Å². The minimum absolute atomic E-state index is 0.361. The second kappa shape index (κ2) is 7.24. The zero-order chi connectivity index (χ0) is 14.6. The van der Waals surface area contributed by atoms with Gasteiger partial charge in [0.05, 0.1) is 6.61 Å². The SMILES string of the molecule is CCCOCCN1CC(C(C)CC)NCC1(C)C1CC1. The van der Waals surface area contributed by atoms with Gasteiger partial charge in [-0.05, 0) is 38.0 Å². The molecule has 2 rings (SSSR count). The Labute approximate surface area is 125 Å². The number of nitrogens with zero attached hydrogens (tertiary/aromatic N) is 1. The van der Waals surface area contributed by atoms with Gasteiger partial charge in [-0.3, -0.25) is 4.90 Å². The summed E-state index contributed by atoms with van der Waals surface area (Å²) in [7, 11) is 0. The van der Waals surface area contributed by atoms with Gasteiger partial charge in [0.25, 0.3) is 0 Å². The highest BCUT2D eigenvalue weighted by molar-refractivity contribution is 5.05.